The number of rotatable bonds is 7. The number of nitrogens with two attached hydrogens (primary N) is 1. The summed E-state index contributed by atoms with van der Waals surface area (Å²) in [5.74, 6) is 0.840. The van der Waals surface area contributed by atoms with Crippen molar-refractivity contribution in [2.75, 3.05) is 13.7 Å². The van der Waals surface area contributed by atoms with Gasteiger partial charge in [-0.1, -0.05) is 12.1 Å². The van der Waals surface area contributed by atoms with Crippen molar-refractivity contribution in [2.24, 2.45) is 5.73 Å². The Morgan fingerprint density at radius 3 is 2.74 bits per heavy atom. The Morgan fingerprint density at radius 2 is 2.13 bits per heavy atom. The molecule has 122 valence electrons. The third kappa shape index (κ3) is 3.89. The number of methoxy groups -OCH3 is 1. The van der Waals surface area contributed by atoms with Gasteiger partial charge in [0, 0.05) is 24.4 Å². The van der Waals surface area contributed by atoms with Gasteiger partial charge in [-0.05, 0) is 37.1 Å². The molecule has 1 aliphatic rings. The molecule has 1 aromatic heterocycles. The molecule has 2 aromatic rings. The van der Waals surface area contributed by atoms with Gasteiger partial charge in [-0.25, -0.2) is 4.98 Å². The third-order valence-electron chi connectivity index (χ3n) is 3.89. The smallest absolute Gasteiger partial charge is 0.273 e. The molecule has 1 amide bonds. The highest BCUT2D eigenvalue weighted by molar-refractivity contribution is 7.09. The second-order valence-electron chi connectivity index (χ2n) is 5.68. The summed E-state index contributed by atoms with van der Waals surface area (Å²) in [5, 5.41) is 2.77. The zero-order valence-electron chi connectivity index (χ0n) is 13.2. The van der Waals surface area contributed by atoms with E-state index in [1.807, 2.05) is 34.5 Å². The Balaban J connectivity index is 1.73. The maximum absolute atomic E-state index is 12.8. The average molecular weight is 331 g/mol. The summed E-state index contributed by atoms with van der Waals surface area (Å²) in [6, 6.07) is 8.19. The fraction of sp³-hybridized carbons (Fsp3) is 0.412. The average Bonchev–Trinajstić information content (AvgIpc) is 3.31. The van der Waals surface area contributed by atoms with Crippen molar-refractivity contribution in [3.8, 4) is 5.75 Å². The predicted octanol–water partition coefficient (Wildman–Crippen LogP) is 2.46. The quantitative estimate of drug-likeness (QED) is 0.846. The Kier molecular flexibility index (Phi) is 4.93. The molecule has 5 nitrogen and oxygen atoms in total. The lowest BCUT2D eigenvalue weighted by molar-refractivity contribution is 0.0724. The monoisotopic (exact) mass is 331 g/mol. The van der Waals surface area contributed by atoms with Crippen molar-refractivity contribution in [3.05, 3.63) is 45.9 Å². The van der Waals surface area contributed by atoms with Crippen LogP contribution in [0.2, 0.25) is 0 Å². The van der Waals surface area contributed by atoms with Gasteiger partial charge in [-0.15, -0.1) is 11.3 Å². The van der Waals surface area contributed by atoms with Crippen LogP contribution in [0, 0.1) is 0 Å². The van der Waals surface area contributed by atoms with E-state index in [0.29, 0.717) is 24.8 Å². The maximum atomic E-state index is 12.8. The Bertz CT molecular complexity index is 665. The molecular weight excluding hydrogens is 310 g/mol. The van der Waals surface area contributed by atoms with Crippen LogP contribution >= 0.6 is 11.3 Å². The van der Waals surface area contributed by atoms with Crippen molar-refractivity contribution in [2.45, 2.75) is 31.8 Å². The van der Waals surface area contributed by atoms with Crippen LogP contribution in [0.3, 0.4) is 0 Å². The van der Waals surface area contributed by atoms with E-state index in [0.717, 1.165) is 35.6 Å². The molecule has 0 radical (unpaired) electrons. The molecule has 0 aliphatic heterocycles. The van der Waals surface area contributed by atoms with Gasteiger partial charge in [-0.3, -0.25) is 4.79 Å². The Hall–Kier alpha value is -1.92. The van der Waals surface area contributed by atoms with E-state index in [-0.39, 0.29) is 5.91 Å². The minimum Gasteiger partial charge on any atom is -0.497 e. The minimum atomic E-state index is 0.0165. The van der Waals surface area contributed by atoms with Crippen LogP contribution in [-0.4, -0.2) is 35.5 Å². The number of ether oxygens (including phenoxy) is 1. The predicted molar refractivity (Wildman–Crippen MR) is 90.8 cm³/mol. The molecule has 1 saturated carbocycles. The number of aromatic nitrogens is 1. The van der Waals surface area contributed by atoms with Gasteiger partial charge in [0.15, 0.2) is 0 Å². The van der Waals surface area contributed by atoms with Gasteiger partial charge >= 0.3 is 0 Å². The molecule has 0 bridgehead atoms. The van der Waals surface area contributed by atoms with Gasteiger partial charge in [-0.2, -0.15) is 0 Å². The topological polar surface area (TPSA) is 68.5 Å². The number of nitrogens with zero attached hydrogens (tertiary/aromatic N) is 2. The van der Waals surface area contributed by atoms with Crippen LogP contribution in [-0.2, 0) is 13.0 Å². The molecule has 1 aliphatic carbocycles. The van der Waals surface area contributed by atoms with Crippen LogP contribution in [0.4, 0.5) is 0 Å². The van der Waals surface area contributed by atoms with Crippen molar-refractivity contribution >= 4 is 17.2 Å². The van der Waals surface area contributed by atoms with E-state index in [9.17, 15) is 4.79 Å². The number of hydrogen-bond acceptors (Lipinski definition) is 5. The van der Waals surface area contributed by atoms with Gasteiger partial charge in [0.25, 0.3) is 5.91 Å². The van der Waals surface area contributed by atoms with Crippen LogP contribution in [0.5, 0.6) is 5.75 Å². The lowest BCUT2D eigenvalue weighted by atomic mass is 10.2. The number of benzene rings is 1. The highest BCUT2D eigenvalue weighted by Gasteiger charge is 2.34. The van der Waals surface area contributed by atoms with Crippen LogP contribution in [0.15, 0.2) is 29.6 Å². The van der Waals surface area contributed by atoms with Gasteiger partial charge < -0.3 is 15.4 Å². The van der Waals surface area contributed by atoms with E-state index >= 15 is 0 Å². The highest BCUT2D eigenvalue weighted by Crippen LogP contribution is 2.30. The first-order valence-corrected chi connectivity index (χ1v) is 8.67. The zero-order valence-corrected chi connectivity index (χ0v) is 14.0. The zero-order chi connectivity index (χ0) is 16.2. The molecule has 23 heavy (non-hydrogen) atoms. The van der Waals surface area contributed by atoms with Crippen molar-refractivity contribution < 1.29 is 9.53 Å². The fourth-order valence-corrected chi connectivity index (χ4v) is 3.26. The number of thiazole rings is 1. The van der Waals surface area contributed by atoms with Crippen LogP contribution in [0.1, 0.15) is 33.9 Å². The van der Waals surface area contributed by atoms with Crippen molar-refractivity contribution in [1.82, 2.24) is 9.88 Å². The molecular formula is C17H21N3O2S. The first-order chi connectivity index (χ1) is 11.2. The molecule has 6 heteroatoms. The van der Waals surface area contributed by atoms with E-state index in [4.69, 9.17) is 10.5 Å². The van der Waals surface area contributed by atoms with Crippen molar-refractivity contribution in [1.29, 1.82) is 0 Å². The first kappa shape index (κ1) is 16.0. The molecule has 0 spiro atoms. The van der Waals surface area contributed by atoms with Crippen LogP contribution in [0.25, 0.3) is 0 Å². The number of carbonyl (C=O) groups excluding carboxylic acids is 1. The second kappa shape index (κ2) is 7.10. The lowest BCUT2D eigenvalue weighted by Crippen LogP contribution is -2.32. The van der Waals surface area contributed by atoms with E-state index in [1.165, 1.54) is 11.3 Å². The standard InChI is InChI=1S/C17H21N3O2S/c1-22-14-6-2-12(3-7-14)10-20(13-4-5-13)17(21)15-11-23-16(19-15)8-9-18/h2-3,6-7,11,13H,4-5,8-10,18H2,1H3. The SMILES string of the molecule is COc1ccc(CN(C(=O)c2csc(CCN)n2)C2CC2)cc1. The molecule has 0 unspecified atom stereocenters. The molecule has 0 atom stereocenters. The molecule has 0 saturated heterocycles. The second-order valence-corrected chi connectivity index (χ2v) is 6.62. The largest absolute Gasteiger partial charge is 0.497 e. The summed E-state index contributed by atoms with van der Waals surface area (Å²) >= 11 is 1.51. The van der Waals surface area contributed by atoms with Gasteiger partial charge in [0.05, 0.1) is 12.1 Å². The molecule has 1 heterocycles. The van der Waals surface area contributed by atoms with Crippen LogP contribution < -0.4 is 10.5 Å². The number of hydrogen-bond donors (Lipinski definition) is 1. The minimum absolute atomic E-state index is 0.0165. The number of carbonyl (C=O) groups is 1. The summed E-state index contributed by atoms with van der Waals surface area (Å²) in [6.07, 6.45) is 2.86. The normalized spacial score (nSPS) is 13.8. The summed E-state index contributed by atoms with van der Waals surface area (Å²) in [6.45, 7) is 1.16. The fourth-order valence-electron chi connectivity index (χ4n) is 2.48. The van der Waals surface area contributed by atoms with Gasteiger partial charge in [0.1, 0.15) is 11.4 Å². The number of amides is 1. The third-order valence-corrected chi connectivity index (χ3v) is 4.80. The van der Waals surface area contributed by atoms with E-state index < -0.39 is 0 Å². The molecule has 1 aromatic carbocycles. The maximum Gasteiger partial charge on any atom is 0.273 e. The van der Waals surface area contributed by atoms with E-state index in [1.54, 1.807) is 7.11 Å². The summed E-state index contributed by atoms with van der Waals surface area (Å²) < 4.78 is 5.18. The molecule has 1 fully saturated rings. The first-order valence-electron chi connectivity index (χ1n) is 7.79. The highest BCUT2D eigenvalue weighted by atomic mass is 32.1. The van der Waals surface area contributed by atoms with E-state index in [2.05, 4.69) is 4.98 Å². The Labute approximate surface area is 140 Å². The van der Waals surface area contributed by atoms with Gasteiger partial charge in [0.2, 0.25) is 0 Å². The summed E-state index contributed by atoms with van der Waals surface area (Å²) in [4.78, 5) is 19.1. The summed E-state index contributed by atoms with van der Waals surface area (Å²) in [7, 11) is 1.65. The lowest BCUT2D eigenvalue weighted by Gasteiger charge is -2.21. The summed E-state index contributed by atoms with van der Waals surface area (Å²) in [5.41, 5.74) is 7.19. The molecule has 3 rings (SSSR count). The van der Waals surface area contributed by atoms with Crippen molar-refractivity contribution in [3.63, 3.8) is 0 Å². The Morgan fingerprint density at radius 1 is 1.39 bits per heavy atom. The molecule has 2 N–H and O–H groups in total.